The molecule has 0 bridgehead atoms. The van der Waals surface area contributed by atoms with E-state index in [0.29, 0.717) is 6.07 Å². The Balaban J connectivity index is 3.29. The summed E-state index contributed by atoms with van der Waals surface area (Å²) in [5.41, 5.74) is 3.93. The summed E-state index contributed by atoms with van der Waals surface area (Å²) in [6.45, 7) is 0. The first kappa shape index (κ1) is 10.3. The van der Waals surface area contributed by atoms with E-state index >= 15 is 0 Å². The van der Waals surface area contributed by atoms with E-state index in [1.165, 1.54) is 0 Å². The molecule has 0 spiro atoms. The van der Waals surface area contributed by atoms with Crippen molar-refractivity contribution in [2.75, 3.05) is 0 Å². The summed E-state index contributed by atoms with van der Waals surface area (Å²) in [5, 5.41) is 0. The van der Waals surface area contributed by atoms with E-state index in [2.05, 4.69) is 10.2 Å². The van der Waals surface area contributed by atoms with Crippen LogP contribution in [0.1, 0.15) is 26.7 Å². The smallest absolute Gasteiger partial charge is 0.446 e. The topological polar surface area (TPSA) is 73.3 Å². The van der Waals surface area contributed by atoms with Crippen LogP contribution >= 0.6 is 0 Å². The predicted molar refractivity (Wildman–Crippen MR) is 37.6 cm³/mol. The molecule has 4 nitrogen and oxygen atoms in total. The minimum Gasteiger partial charge on any atom is -0.446 e. The number of rotatable bonds is 2. The van der Waals surface area contributed by atoms with E-state index in [9.17, 15) is 22.8 Å². The van der Waals surface area contributed by atoms with Crippen molar-refractivity contribution in [1.82, 2.24) is 0 Å². The van der Waals surface area contributed by atoms with Crippen LogP contribution in [0.2, 0.25) is 0 Å². The summed E-state index contributed by atoms with van der Waals surface area (Å²) in [7, 11) is 0. The summed E-state index contributed by atoms with van der Waals surface area (Å²) >= 11 is 0. The van der Waals surface area contributed by atoms with Crippen LogP contribution < -0.4 is 5.73 Å². The number of nitrogens with two attached hydrogens (primary N) is 1. The third-order valence-corrected chi connectivity index (χ3v) is 1.39. The number of carbonyl (C=O) groups excluding carboxylic acids is 2. The van der Waals surface area contributed by atoms with E-state index in [0.717, 1.165) is 0 Å². The van der Waals surface area contributed by atoms with E-state index in [1.54, 1.807) is 0 Å². The van der Waals surface area contributed by atoms with Crippen LogP contribution in [0.3, 0.4) is 0 Å². The van der Waals surface area contributed by atoms with Gasteiger partial charge < -0.3 is 10.2 Å². The molecule has 0 unspecified atom stereocenters. The molecule has 1 rings (SSSR count). The molecule has 0 atom stereocenters. The first-order valence-electron chi connectivity index (χ1n) is 3.32. The van der Waals surface area contributed by atoms with Crippen LogP contribution in [0, 0.1) is 0 Å². The Hall–Kier alpha value is -1.79. The molecule has 2 N–H and O–H groups in total. The number of primary amides is 1. The van der Waals surface area contributed by atoms with Gasteiger partial charge in [-0.3, -0.25) is 9.59 Å². The van der Waals surface area contributed by atoms with Crippen molar-refractivity contribution in [1.29, 1.82) is 0 Å². The summed E-state index contributed by atoms with van der Waals surface area (Å²) in [6.07, 6.45) is -4.87. The minimum absolute atomic E-state index is 0.0568. The molecule has 1 aromatic rings. The Morgan fingerprint density at radius 1 is 1.50 bits per heavy atom. The van der Waals surface area contributed by atoms with Crippen LogP contribution in [-0.2, 0) is 6.18 Å². The van der Waals surface area contributed by atoms with E-state index in [1.807, 2.05) is 0 Å². The molecule has 0 aromatic carbocycles. The van der Waals surface area contributed by atoms with Gasteiger partial charge >= 0.3 is 6.18 Å². The molecule has 1 aromatic heterocycles. The fourth-order valence-electron chi connectivity index (χ4n) is 0.836. The Bertz CT molecular complexity index is 380. The average Bonchev–Trinajstić information content (AvgIpc) is 2.46. The summed E-state index contributed by atoms with van der Waals surface area (Å²) < 4.78 is 40.4. The first-order chi connectivity index (χ1) is 6.36. The summed E-state index contributed by atoms with van der Waals surface area (Å²) in [5.74, 6) is -3.37. The van der Waals surface area contributed by atoms with E-state index < -0.39 is 29.2 Å². The van der Waals surface area contributed by atoms with Gasteiger partial charge in [0.2, 0.25) is 5.76 Å². The lowest BCUT2D eigenvalue weighted by atomic mass is 10.2. The zero-order valence-corrected chi connectivity index (χ0v) is 6.59. The largest absolute Gasteiger partial charge is 0.450 e. The second-order valence-electron chi connectivity index (χ2n) is 2.37. The standard InChI is InChI=1S/C7H4F3NO3/c8-7(9,10)5-3(2-12)1-4(14-5)6(11)13/h1-2H,(H2,11,13). The van der Waals surface area contributed by atoms with Gasteiger partial charge in [-0.1, -0.05) is 0 Å². The van der Waals surface area contributed by atoms with Crippen molar-refractivity contribution in [3.63, 3.8) is 0 Å². The molecular formula is C7H4F3NO3. The fourth-order valence-corrected chi connectivity index (χ4v) is 0.836. The van der Waals surface area contributed by atoms with Crippen molar-refractivity contribution >= 4 is 12.2 Å². The molecule has 76 valence electrons. The molecule has 0 saturated carbocycles. The second-order valence-corrected chi connectivity index (χ2v) is 2.37. The van der Waals surface area contributed by atoms with Crippen molar-refractivity contribution in [2.24, 2.45) is 5.73 Å². The van der Waals surface area contributed by atoms with Gasteiger partial charge in [0, 0.05) is 6.07 Å². The summed E-state index contributed by atoms with van der Waals surface area (Å²) in [4.78, 5) is 20.7. The van der Waals surface area contributed by atoms with Crippen molar-refractivity contribution in [3.05, 3.63) is 23.2 Å². The number of hydrogen-bond acceptors (Lipinski definition) is 3. The second kappa shape index (κ2) is 3.17. The molecular weight excluding hydrogens is 203 g/mol. The molecule has 14 heavy (non-hydrogen) atoms. The SMILES string of the molecule is NC(=O)c1cc(C=O)c(C(F)(F)F)o1. The number of alkyl halides is 3. The molecule has 0 aliphatic carbocycles. The van der Waals surface area contributed by atoms with Crippen LogP contribution in [0.4, 0.5) is 13.2 Å². The maximum absolute atomic E-state index is 12.1. The van der Waals surface area contributed by atoms with Gasteiger partial charge in [0.05, 0.1) is 5.56 Å². The fraction of sp³-hybridized carbons (Fsp3) is 0.143. The molecule has 0 aliphatic heterocycles. The molecule has 0 radical (unpaired) electrons. The lowest BCUT2D eigenvalue weighted by molar-refractivity contribution is -0.153. The molecule has 0 saturated heterocycles. The number of carbonyl (C=O) groups is 2. The maximum Gasteiger partial charge on any atom is 0.450 e. The van der Waals surface area contributed by atoms with Crippen LogP contribution in [0.15, 0.2) is 10.5 Å². The Morgan fingerprint density at radius 2 is 2.07 bits per heavy atom. The molecule has 1 amide bonds. The average molecular weight is 207 g/mol. The monoisotopic (exact) mass is 207 g/mol. The number of halogens is 3. The third kappa shape index (κ3) is 1.76. The normalized spacial score (nSPS) is 11.4. The van der Waals surface area contributed by atoms with E-state index in [-0.39, 0.29) is 6.29 Å². The highest BCUT2D eigenvalue weighted by Crippen LogP contribution is 2.33. The Morgan fingerprint density at radius 3 is 2.36 bits per heavy atom. The highest BCUT2D eigenvalue weighted by atomic mass is 19.4. The minimum atomic E-state index is -4.82. The number of furan rings is 1. The third-order valence-electron chi connectivity index (χ3n) is 1.39. The number of amides is 1. The van der Waals surface area contributed by atoms with Gasteiger partial charge in [0.25, 0.3) is 5.91 Å². The van der Waals surface area contributed by atoms with Gasteiger partial charge in [-0.05, 0) is 0 Å². The quantitative estimate of drug-likeness (QED) is 0.740. The van der Waals surface area contributed by atoms with Crippen LogP contribution in [0.25, 0.3) is 0 Å². The number of hydrogen-bond donors (Lipinski definition) is 1. The first-order valence-corrected chi connectivity index (χ1v) is 3.32. The van der Waals surface area contributed by atoms with E-state index in [4.69, 9.17) is 0 Å². The lowest BCUT2D eigenvalue weighted by Gasteiger charge is -2.01. The van der Waals surface area contributed by atoms with Gasteiger partial charge in [-0.2, -0.15) is 13.2 Å². The van der Waals surface area contributed by atoms with Gasteiger partial charge in [-0.25, -0.2) is 0 Å². The zero-order valence-electron chi connectivity index (χ0n) is 6.59. The zero-order chi connectivity index (χ0) is 10.9. The van der Waals surface area contributed by atoms with Crippen molar-refractivity contribution in [3.8, 4) is 0 Å². The Kier molecular flexibility index (Phi) is 2.33. The van der Waals surface area contributed by atoms with Crippen molar-refractivity contribution in [2.45, 2.75) is 6.18 Å². The van der Waals surface area contributed by atoms with Crippen molar-refractivity contribution < 1.29 is 27.2 Å². The van der Waals surface area contributed by atoms with Gasteiger partial charge in [-0.15, -0.1) is 0 Å². The molecule has 0 aliphatic rings. The number of aldehydes is 1. The van der Waals surface area contributed by atoms with Crippen LogP contribution in [0.5, 0.6) is 0 Å². The highest BCUT2D eigenvalue weighted by molar-refractivity contribution is 5.92. The predicted octanol–water partition coefficient (Wildman–Crippen LogP) is 1.21. The molecule has 0 fully saturated rings. The van der Waals surface area contributed by atoms with Gasteiger partial charge in [0.1, 0.15) is 0 Å². The lowest BCUT2D eigenvalue weighted by Crippen LogP contribution is -2.10. The molecule has 7 heteroatoms. The Labute approximate surface area is 75.5 Å². The summed E-state index contributed by atoms with van der Waals surface area (Å²) in [6, 6.07) is 0.651. The van der Waals surface area contributed by atoms with Gasteiger partial charge in [0.15, 0.2) is 12.0 Å². The van der Waals surface area contributed by atoms with Crippen LogP contribution in [-0.4, -0.2) is 12.2 Å². The highest BCUT2D eigenvalue weighted by Gasteiger charge is 2.38. The molecule has 1 heterocycles. The maximum atomic E-state index is 12.1.